The minimum absolute atomic E-state index is 0.0338. The van der Waals surface area contributed by atoms with Gasteiger partial charge in [-0.2, -0.15) is 4.31 Å². The summed E-state index contributed by atoms with van der Waals surface area (Å²) in [5.74, 6) is -1.02. The van der Waals surface area contributed by atoms with Gasteiger partial charge in [0.25, 0.3) is 0 Å². The third kappa shape index (κ3) is 3.90. The number of halogens is 2. The second kappa shape index (κ2) is 7.39. The number of hydrogen-bond donors (Lipinski definition) is 0. The SMILES string of the molecule is O=S(=O)(c1cc(F)ccc1F)N1CC(COCC2CC2)C2(CCOCC2)C1. The lowest BCUT2D eigenvalue weighted by Gasteiger charge is -2.38. The average molecular weight is 401 g/mol. The van der Waals surface area contributed by atoms with Crippen molar-refractivity contribution in [3.05, 3.63) is 29.8 Å². The van der Waals surface area contributed by atoms with Gasteiger partial charge in [-0.3, -0.25) is 0 Å². The molecule has 27 heavy (non-hydrogen) atoms. The first-order chi connectivity index (χ1) is 12.9. The van der Waals surface area contributed by atoms with Gasteiger partial charge in [-0.15, -0.1) is 0 Å². The molecule has 0 aromatic heterocycles. The van der Waals surface area contributed by atoms with Crippen LogP contribution in [0.15, 0.2) is 23.1 Å². The van der Waals surface area contributed by atoms with Crippen molar-refractivity contribution in [3.63, 3.8) is 0 Å². The van der Waals surface area contributed by atoms with Crippen molar-refractivity contribution in [2.75, 3.05) is 39.5 Å². The van der Waals surface area contributed by atoms with E-state index in [2.05, 4.69) is 0 Å². The molecule has 3 fully saturated rings. The number of rotatable bonds is 6. The van der Waals surface area contributed by atoms with E-state index in [4.69, 9.17) is 9.47 Å². The maximum absolute atomic E-state index is 14.1. The molecule has 2 saturated heterocycles. The molecule has 2 heterocycles. The Balaban J connectivity index is 1.56. The average Bonchev–Trinajstić information content (AvgIpc) is 3.40. The molecule has 1 spiro atoms. The molecule has 3 aliphatic rings. The highest BCUT2D eigenvalue weighted by Gasteiger charge is 2.51. The van der Waals surface area contributed by atoms with E-state index >= 15 is 0 Å². The van der Waals surface area contributed by atoms with Crippen LogP contribution in [0.1, 0.15) is 25.7 Å². The fourth-order valence-electron chi connectivity index (χ4n) is 4.22. The first-order valence-corrected chi connectivity index (χ1v) is 11.0. The predicted octanol–water partition coefficient (Wildman–Crippen LogP) is 2.81. The van der Waals surface area contributed by atoms with Crippen LogP contribution in [0, 0.1) is 28.9 Å². The standard InChI is InChI=1S/C19H25F2NO4S/c20-16-3-4-17(21)18(9-16)27(23,24)22-10-15(12-26-11-14-1-2-14)19(13-22)5-7-25-8-6-19/h3-4,9,14-15H,1-2,5-8,10-13H2. The van der Waals surface area contributed by atoms with Crippen molar-refractivity contribution in [3.8, 4) is 0 Å². The Bertz CT molecular complexity index is 791. The lowest BCUT2D eigenvalue weighted by atomic mass is 9.72. The van der Waals surface area contributed by atoms with Crippen LogP contribution < -0.4 is 0 Å². The monoisotopic (exact) mass is 401 g/mol. The van der Waals surface area contributed by atoms with Gasteiger partial charge in [-0.05, 0) is 55.2 Å². The zero-order valence-corrected chi connectivity index (χ0v) is 16.0. The predicted molar refractivity (Wildman–Crippen MR) is 94.6 cm³/mol. The summed E-state index contributed by atoms with van der Waals surface area (Å²) in [5.41, 5.74) is -0.224. The molecule has 0 amide bonds. The minimum atomic E-state index is -4.11. The fourth-order valence-corrected chi connectivity index (χ4v) is 5.87. The van der Waals surface area contributed by atoms with Crippen LogP contribution >= 0.6 is 0 Å². The van der Waals surface area contributed by atoms with Crippen LogP contribution in [-0.2, 0) is 19.5 Å². The molecule has 4 rings (SSSR count). The lowest BCUT2D eigenvalue weighted by Crippen LogP contribution is -2.39. The highest BCUT2D eigenvalue weighted by molar-refractivity contribution is 7.89. The van der Waals surface area contributed by atoms with Crippen LogP contribution in [0.5, 0.6) is 0 Å². The zero-order valence-electron chi connectivity index (χ0n) is 15.2. The van der Waals surface area contributed by atoms with Crippen LogP contribution in [0.4, 0.5) is 8.78 Å². The minimum Gasteiger partial charge on any atom is -0.381 e. The number of sulfonamides is 1. The van der Waals surface area contributed by atoms with Gasteiger partial charge in [0, 0.05) is 38.8 Å². The summed E-state index contributed by atoms with van der Waals surface area (Å²) in [6, 6.07) is 2.55. The molecular weight excluding hydrogens is 376 g/mol. The molecule has 8 heteroatoms. The highest BCUT2D eigenvalue weighted by Crippen LogP contribution is 2.46. The molecule has 2 aliphatic heterocycles. The molecule has 0 N–H and O–H groups in total. The van der Waals surface area contributed by atoms with E-state index < -0.39 is 26.6 Å². The van der Waals surface area contributed by atoms with Crippen molar-refractivity contribution >= 4 is 10.0 Å². The normalized spacial score (nSPS) is 25.9. The maximum atomic E-state index is 14.1. The molecule has 150 valence electrons. The van der Waals surface area contributed by atoms with Crippen molar-refractivity contribution in [1.82, 2.24) is 4.31 Å². The quantitative estimate of drug-likeness (QED) is 0.736. The van der Waals surface area contributed by atoms with E-state index in [1.807, 2.05) is 0 Å². The fraction of sp³-hybridized carbons (Fsp3) is 0.684. The van der Waals surface area contributed by atoms with Crippen molar-refractivity contribution in [2.24, 2.45) is 17.3 Å². The summed E-state index contributed by atoms with van der Waals surface area (Å²) >= 11 is 0. The van der Waals surface area contributed by atoms with Gasteiger partial charge in [0.1, 0.15) is 16.5 Å². The number of nitrogens with zero attached hydrogens (tertiary/aromatic N) is 1. The first-order valence-electron chi connectivity index (χ1n) is 9.51. The van der Waals surface area contributed by atoms with Gasteiger partial charge in [-0.25, -0.2) is 17.2 Å². The smallest absolute Gasteiger partial charge is 0.246 e. The van der Waals surface area contributed by atoms with Crippen molar-refractivity contribution in [2.45, 2.75) is 30.6 Å². The Kier molecular flexibility index (Phi) is 5.26. The first kappa shape index (κ1) is 19.2. The number of benzene rings is 1. The number of ether oxygens (including phenoxy) is 2. The second-order valence-electron chi connectivity index (χ2n) is 8.02. The van der Waals surface area contributed by atoms with Gasteiger partial charge < -0.3 is 9.47 Å². The summed E-state index contributed by atoms with van der Waals surface area (Å²) in [6.07, 6.45) is 3.90. The molecule has 1 saturated carbocycles. The van der Waals surface area contributed by atoms with Gasteiger partial charge in [0.15, 0.2) is 0 Å². The third-order valence-corrected chi connectivity index (χ3v) is 7.98. The highest BCUT2D eigenvalue weighted by atomic mass is 32.2. The molecule has 1 aromatic rings. The van der Waals surface area contributed by atoms with Crippen LogP contribution in [0.3, 0.4) is 0 Å². The largest absolute Gasteiger partial charge is 0.381 e. The van der Waals surface area contributed by atoms with Crippen LogP contribution in [0.2, 0.25) is 0 Å². The Hall–Kier alpha value is -1.09. The number of hydrogen-bond acceptors (Lipinski definition) is 4. The summed E-state index contributed by atoms with van der Waals surface area (Å²) in [5, 5.41) is 0. The lowest BCUT2D eigenvalue weighted by molar-refractivity contribution is -0.0241. The molecule has 0 bridgehead atoms. The van der Waals surface area contributed by atoms with Crippen molar-refractivity contribution in [1.29, 1.82) is 0 Å². The van der Waals surface area contributed by atoms with Crippen LogP contribution in [-0.4, -0.2) is 52.2 Å². The van der Waals surface area contributed by atoms with Crippen molar-refractivity contribution < 1.29 is 26.7 Å². The van der Waals surface area contributed by atoms with Crippen LogP contribution in [0.25, 0.3) is 0 Å². The molecular formula is C19H25F2NO4S. The maximum Gasteiger partial charge on any atom is 0.246 e. The summed E-state index contributed by atoms with van der Waals surface area (Å²) in [4.78, 5) is -0.593. The summed E-state index contributed by atoms with van der Waals surface area (Å²) < 4.78 is 66.4. The Morgan fingerprint density at radius 2 is 1.93 bits per heavy atom. The van der Waals surface area contributed by atoms with E-state index in [0.29, 0.717) is 38.9 Å². The van der Waals surface area contributed by atoms with E-state index in [0.717, 1.165) is 31.0 Å². The van der Waals surface area contributed by atoms with Gasteiger partial charge in [-0.1, -0.05) is 0 Å². The van der Waals surface area contributed by atoms with E-state index in [9.17, 15) is 17.2 Å². The van der Waals surface area contributed by atoms with E-state index in [-0.39, 0.29) is 17.9 Å². The Labute approximate surface area is 158 Å². The Morgan fingerprint density at radius 3 is 2.63 bits per heavy atom. The topological polar surface area (TPSA) is 55.8 Å². The molecule has 1 unspecified atom stereocenters. The van der Waals surface area contributed by atoms with E-state index in [1.54, 1.807) is 0 Å². The van der Waals surface area contributed by atoms with Gasteiger partial charge in [0.2, 0.25) is 10.0 Å². The molecule has 1 aliphatic carbocycles. The summed E-state index contributed by atoms with van der Waals surface area (Å²) in [6.45, 7) is 2.94. The van der Waals surface area contributed by atoms with E-state index in [1.165, 1.54) is 17.1 Å². The molecule has 1 atom stereocenters. The third-order valence-electron chi connectivity index (χ3n) is 6.15. The zero-order chi connectivity index (χ0) is 19.1. The molecule has 5 nitrogen and oxygen atoms in total. The van der Waals surface area contributed by atoms with Gasteiger partial charge in [0.05, 0.1) is 6.61 Å². The second-order valence-corrected chi connectivity index (χ2v) is 9.93. The summed E-state index contributed by atoms with van der Waals surface area (Å²) in [7, 11) is -4.11. The molecule has 1 aromatic carbocycles. The Morgan fingerprint density at radius 1 is 1.19 bits per heavy atom. The molecule has 0 radical (unpaired) electrons. The van der Waals surface area contributed by atoms with Gasteiger partial charge >= 0.3 is 0 Å².